The molecule has 0 radical (unpaired) electrons. The molecule has 3 unspecified atom stereocenters. The Morgan fingerprint density at radius 1 is 1.73 bits per heavy atom. The minimum Gasteiger partial charge on any atom is -0.496 e. The fourth-order valence-corrected chi connectivity index (χ4v) is 0.888. The molecular weight excluding hydrogens is 146 g/mol. The smallest absolute Gasteiger partial charge is 0.121 e. The Kier molecular flexibility index (Phi) is 2.36. The third kappa shape index (κ3) is 1.63. The number of aliphatic hydroxyl groups is 1. The van der Waals surface area contributed by atoms with Gasteiger partial charge in [-0.3, -0.25) is 0 Å². The molecule has 0 saturated carbocycles. The predicted octanol–water partition coefficient (Wildman–Crippen LogP) is 0.959. The Labute approximate surface area is 63.9 Å². The van der Waals surface area contributed by atoms with Crippen molar-refractivity contribution in [1.82, 2.24) is 0 Å². The van der Waals surface area contributed by atoms with E-state index in [4.69, 9.17) is 10.3 Å². The molecule has 0 spiro atoms. The van der Waals surface area contributed by atoms with Crippen molar-refractivity contribution in [2.45, 2.75) is 25.2 Å². The second-order valence-electron chi connectivity index (χ2n) is 2.36. The first-order valence-corrected chi connectivity index (χ1v) is 3.30. The first kappa shape index (κ1) is 7.91. The molecule has 5 nitrogen and oxygen atoms in total. The van der Waals surface area contributed by atoms with Crippen LogP contribution in [0.1, 0.15) is 6.92 Å². The van der Waals surface area contributed by atoms with Gasteiger partial charge in [-0.25, -0.2) is 0 Å². The maximum absolute atomic E-state index is 9.33. The lowest BCUT2D eigenvalue weighted by molar-refractivity contribution is 0.000471. The molecule has 0 aromatic rings. The fourth-order valence-electron chi connectivity index (χ4n) is 0.888. The van der Waals surface area contributed by atoms with Gasteiger partial charge in [-0.1, -0.05) is 5.11 Å². The summed E-state index contributed by atoms with van der Waals surface area (Å²) in [6.07, 6.45) is 1.92. The molecule has 0 amide bonds. The Bertz CT molecular complexity index is 210. The molecule has 1 aliphatic heterocycles. The van der Waals surface area contributed by atoms with E-state index in [-0.39, 0.29) is 6.10 Å². The number of hydrogen-bond acceptors (Lipinski definition) is 3. The second kappa shape index (κ2) is 3.27. The summed E-state index contributed by atoms with van der Waals surface area (Å²) in [6, 6.07) is -0.497. The van der Waals surface area contributed by atoms with Crippen LogP contribution >= 0.6 is 0 Å². The number of azide groups is 1. The van der Waals surface area contributed by atoms with Crippen LogP contribution < -0.4 is 0 Å². The average molecular weight is 155 g/mol. The monoisotopic (exact) mass is 155 g/mol. The van der Waals surface area contributed by atoms with Crippen molar-refractivity contribution in [1.29, 1.82) is 0 Å². The van der Waals surface area contributed by atoms with Gasteiger partial charge >= 0.3 is 0 Å². The number of aliphatic hydroxyl groups excluding tert-OH is 1. The maximum Gasteiger partial charge on any atom is 0.121 e. The Morgan fingerprint density at radius 3 is 3.09 bits per heavy atom. The number of ether oxygens (including phenoxy) is 1. The van der Waals surface area contributed by atoms with E-state index in [2.05, 4.69) is 10.0 Å². The molecule has 3 atom stereocenters. The van der Waals surface area contributed by atoms with Crippen molar-refractivity contribution in [3.05, 3.63) is 22.8 Å². The molecule has 11 heavy (non-hydrogen) atoms. The van der Waals surface area contributed by atoms with Gasteiger partial charge in [0.25, 0.3) is 0 Å². The quantitative estimate of drug-likeness (QED) is 0.347. The second-order valence-corrected chi connectivity index (χ2v) is 2.36. The SMILES string of the molecule is CC1OC=CC(N=[N+]=[N-])C1O. The Hall–Kier alpha value is -1.19. The normalized spacial score (nSPS) is 35.6. The van der Waals surface area contributed by atoms with Gasteiger partial charge in [0, 0.05) is 4.91 Å². The highest BCUT2D eigenvalue weighted by Gasteiger charge is 2.25. The van der Waals surface area contributed by atoms with Crippen LogP contribution in [0.3, 0.4) is 0 Å². The van der Waals surface area contributed by atoms with Gasteiger partial charge in [0.1, 0.15) is 12.2 Å². The highest BCUT2D eigenvalue weighted by molar-refractivity contribution is 5.00. The molecule has 0 saturated heterocycles. The highest BCUT2D eigenvalue weighted by Crippen LogP contribution is 2.14. The first-order valence-electron chi connectivity index (χ1n) is 3.30. The minimum absolute atomic E-state index is 0.310. The van der Waals surface area contributed by atoms with Gasteiger partial charge in [0.05, 0.1) is 12.3 Å². The molecule has 0 aliphatic carbocycles. The first-order chi connectivity index (χ1) is 5.25. The molecule has 60 valence electrons. The van der Waals surface area contributed by atoms with Crippen LogP contribution in [0.25, 0.3) is 10.4 Å². The lowest BCUT2D eigenvalue weighted by Crippen LogP contribution is -2.36. The highest BCUT2D eigenvalue weighted by atomic mass is 16.5. The summed E-state index contributed by atoms with van der Waals surface area (Å²) in [7, 11) is 0. The van der Waals surface area contributed by atoms with Crippen molar-refractivity contribution in [3.8, 4) is 0 Å². The lowest BCUT2D eigenvalue weighted by atomic mass is 10.1. The van der Waals surface area contributed by atoms with Gasteiger partial charge in [-0.15, -0.1) is 0 Å². The third-order valence-electron chi connectivity index (χ3n) is 1.58. The molecule has 0 fully saturated rings. The van der Waals surface area contributed by atoms with Crippen molar-refractivity contribution < 1.29 is 9.84 Å². The van der Waals surface area contributed by atoms with Crippen molar-refractivity contribution in [2.75, 3.05) is 0 Å². The standard InChI is InChI=1S/C6H9N3O2/c1-4-6(10)5(8-9-7)2-3-11-4/h2-6,10H,1H3. The van der Waals surface area contributed by atoms with E-state index >= 15 is 0 Å². The summed E-state index contributed by atoms with van der Waals surface area (Å²) < 4.78 is 4.95. The van der Waals surface area contributed by atoms with Crippen molar-refractivity contribution in [3.63, 3.8) is 0 Å². The maximum atomic E-state index is 9.33. The average Bonchev–Trinajstić information content (AvgIpc) is 1.99. The van der Waals surface area contributed by atoms with Crippen LogP contribution in [0.5, 0.6) is 0 Å². The summed E-state index contributed by atoms with van der Waals surface area (Å²) in [5.74, 6) is 0. The van der Waals surface area contributed by atoms with Crippen LogP contribution in [0.2, 0.25) is 0 Å². The van der Waals surface area contributed by atoms with Crippen LogP contribution in [-0.4, -0.2) is 23.4 Å². The summed E-state index contributed by atoms with van der Waals surface area (Å²) in [5.41, 5.74) is 8.10. The largest absolute Gasteiger partial charge is 0.496 e. The summed E-state index contributed by atoms with van der Waals surface area (Å²) in [5, 5.41) is 12.7. The van der Waals surface area contributed by atoms with Gasteiger partial charge in [0.2, 0.25) is 0 Å². The van der Waals surface area contributed by atoms with Gasteiger partial charge in [0.15, 0.2) is 0 Å². The number of hydrogen-bond donors (Lipinski definition) is 1. The minimum atomic E-state index is -0.740. The van der Waals surface area contributed by atoms with Crippen molar-refractivity contribution >= 4 is 0 Å². The summed E-state index contributed by atoms with van der Waals surface area (Å²) in [6.45, 7) is 1.72. The topological polar surface area (TPSA) is 78.2 Å². The van der Waals surface area contributed by atoms with E-state index in [0.717, 1.165) is 0 Å². The van der Waals surface area contributed by atoms with E-state index < -0.39 is 12.1 Å². The van der Waals surface area contributed by atoms with E-state index in [1.807, 2.05) is 0 Å². The van der Waals surface area contributed by atoms with Crippen LogP contribution in [0.4, 0.5) is 0 Å². The third-order valence-corrected chi connectivity index (χ3v) is 1.58. The van der Waals surface area contributed by atoms with Crippen LogP contribution in [0, 0.1) is 0 Å². The number of nitrogens with zero attached hydrogens (tertiary/aromatic N) is 3. The van der Waals surface area contributed by atoms with Gasteiger partial charge in [-0.2, -0.15) is 0 Å². The number of rotatable bonds is 1. The Balaban J connectivity index is 2.71. The van der Waals surface area contributed by atoms with Gasteiger partial charge < -0.3 is 9.84 Å². The van der Waals surface area contributed by atoms with E-state index in [0.29, 0.717) is 0 Å². The molecule has 5 heteroatoms. The molecule has 1 heterocycles. The molecule has 0 aromatic heterocycles. The molecule has 0 aromatic carbocycles. The lowest BCUT2D eigenvalue weighted by Gasteiger charge is -2.25. The van der Waals surface area contributed by atoms with Crippen molar-refractivity contribution in [2.24, 2.45) is 5.11 Å². The Morgan fingerprint density at radius 2 is 2.45 bits per heavy atom. The van der Waals surface area contributed by atoms with E-state index in [9.17, 15) is 5.11 Å². The molecule has 0 bridgehead atoms. The molecule has 1 aliphatic rings. The van der Waals surface area contributed by atoms with Gasteiger partial charge in [-0.05, 0) is 18.5 Å². The zero-order chi connectivity index (χ0) is 8.27. The van der Waals surface area contributed by atoms with Crippen LogP contribution in [0.15, 0.2) is 17.5 Å². The van der Waals surface area contributed by atoms with Crippen LogP contribution in [-0.2, 0) is 4.74 Å². The van der Waals surface area contributed by atoms with E-state index in [1.54, 1.807) is 6.92 Å². The fraction of sp³-hybridized carbons (Fsp3) is 0.667. The summed E-state index contributed by atoms with van der Waals surface area (Å²) in [4.78, 5) is 2.60. The molecule has 1 N–H and O–H groups in total. The predicted molar refractivity (Wildman–Crippen MR) is 38.6 cm³/mol. The zero-order valence-electron chi connectivity index (χ0n) is 6.08. The molecular formula is C6H9N3O2. The zero-order valence-corrected chi connectivity index (χ0v) is 6.08. The summed E-state index contributed by atoms with van der Waals surface area (Å²) >= 11 is 0. The molecule has 1 rings (SSSR count). The van der Waals surface area contributed by atoms with E-state index in [1.165, 1.54) is 12.3 Å².